The normalized spacial score (nSPS) is 10.3. The molecule has 2 aromatic rings. The van der Waals surface area contributed by atoms with Crippen molar-refractivity contribution in [1.29, 1.82) is 0 Å². The van der Waals surface area contributed by atoms with E-state index in [1.165, 1.54) is 0 Å². The topological polar surface area (TPSA) is 9.23 Å². The average molecular weight is 421 g/mol. The van der Waals surface area contributed by atoms with Gasteiger partial charge in [0.25, 0.3) is 0 Å². The van der Waals surface area contributed by atoms with Crippen molar-refractivity contribution in [3.63, 3.8) is 0 Å². The summed E-state index contributed by atoms with van der Waals surface area (Å²) >= 11 is 10.3. The van der Waals surface area contributed by atoms with Crippen molar-refractivity contribution in [2.45, 2.75) is 5.33 Å². The Morgan fingerprint density at radius 3 is 2.41 bits per heavy atom. The van der Waals surface area contributed by atoms with Gasteiger partial charge in [-0.25, -0.2) is 0 Å². The smallest absolute Gasteiger partial charge is 0.132 e. The lowest BCUT2D eigenvalue weighted by Crippen LogP contribution is -1.89. The molecule has 0 bridgehead atoms. The van der Waals surface area contributed by atoms with Crippen LogP contribution in [0.4, 0.5) is 0 Å². The van der Waals surface area contributed by atoms with Gasteiger partial charge in [0.1, 0.15) is 11.5 Å². The van der Waals surface area contributed by atoms with E-state index in [4.69, 9.17) is 4.74 Å². The van der Waals surface area contributed by atoms with Gasteiger partial charge in [0.05, 0.1) is 0 Å². The van der Waals surface area contributed by atoms with E-state index in [1.807, 2.05) is 42.5 Å². The van der Waals surface area contributed by atoms with E-state index >= 15 is 0 Å². The molecule has 0 aliphatic heterocycles. The lowest BCUT2D eigenvalue weighted by Gasteiger charge is -2.10. The Balaban J connectivity index is 2.32. The monoisotopic (exact) mass is 418 g/mol. The fourth-order valence-electron chi connectivity index (χ4n) is 1.39. The number of hydrogen-bond donors (Lipinski definition) is 0. The molecule has 0 radical (unpaired) electrons. The molecule has 1 nitrogen and oxygen atoms in total. The molecule has 0 fully saturated rings. The van der Waals surface area contributed by atoms with Crippen LogP contribution >= 0.6 is 47.8 Å². The first kappa shape index (κ1) is 13.1. The molecular formula is C13H9Br3O. The summed E-state index contributed by atoms with van der Waals surface area (Å²) in [7, 11) is 0. The summed E-state index contributed by atoms with van der Waals surface area (Å²) in [5.41, 5.74) is 1.12. The summed E-state index contributed by atoms with van der Waals surface area (Å²) < 4.78 is 7.88. The maximum atomic E-state index is 5.87. The molecule has 0 saturated carbocycles. The van der Waals surface area contributed by atoms with E-state index in [2.05, 4.69) is 47.8 Å². The molecule has 0 aromatic heterocycles. The standard InChI is InChI=1S/C13H9Br3O/c14-8-9-4-5-11(16)7-13(9)17-12-3-1-2-10(15)6-12/h1-7H,8H2. The minimum Gasteiger partial charge on any atom is -0.457 e. The highest BCUT2D eigenvalue weighted by molar-refractivity contribution is 9.10. The molecule has 0 N–H and O–H groups in total. The molecule has 0 aliphatic rings. The maximum absolute atomic E-state index is 5.87. The van der Waals surface area contributed by atoms with Gasteiger partial charge in [0, 0.05) is 19.8 Å². The fourth-order valence-corrected chi connectivity index (χ4v) is 2.57. The largest absolute Gasteiger partial charge is 0.457 e. The zero-order valence-corrected chi connectivity index (χ0v) is 13.5. The second kappa shape index (κ2) is 6.03. The molecule has 0 amide bonds. The Bertz CT molecular complexity index is 526. The molecule has 2 rings (SSSR count). The van der Waals surface area contributed by atoms with Crippen molar-refractivity contribution in [1.82, 2.24) is 0 Å². The number of ether oxygens (including phenoxy) is 1. The van der Waals surface area contributed by atoms with Gasteiger partial charge in [-0.3, -0.25) is 0 Å². The zero-order chi connectivity index (χ0) is 12.3. The second-order valence-corrected chi connectivity index (χ2v) is 5.84. The zero-order valence-electron chi connectivity index (χ0n) is 8.79. The molecule has 17 heavy (non-hydrogen) atoms. The molecular weight excluding hydrogens is 412 g/mol. The quantitative estimate of drug-likeness (QED) is 0.562. The van der Waals surface area contributed by atoms with E-state index in [1.54, 1.807) is 0 Å². The number of rotatable bonds is 3. The second-order valence-electron chi connectivity index (χ2n) is 3.45. The van der Waals surface area contributed by atoms with Crippen LogP contribution in [0.25, 0.3) is 0 Å². The SMILES string of the molecule is BrCc1ccc(Br)cc1Oc1cccc(Br)c1. The molecule has 0 saturated heterocycles. The first-order chi connectivity index (χ1) is 8.19. The van der Waals surface area contributed by atoms with Gasteiger partial charge < -0.3 is 4.74 Å². The summed E-state index contributed by atoms with van der Waals surface area (Å²) in [6.07, 6.45) is 0. The summed E-state index contributed by atoms with van der Waals surface area (Å²) in [6.45, 7) is 0. The Hall–Kier alpha value is -0.320. The Labute approximate surface area is 126 Å². The van der Waals surface area contributed by atoms with Crippen LogP contribution in [0.5, 0.6) is 11.5 Å². The third-order valence-electron chi connectivity index (χ3n) is 2.20. The van der Waals surface area contributed by atoms with Gasteiger partial charge in [-0.2, -0.15) is 0 Å². The van der Waals surface area contributed by atoms with Gasteiger partial charge in [-0.1, -0.05) is 59.9 Å². The van der Waals surface area contributed by atoms with Crippen LogP contribution < -0.4 is 4.74 Å². The highest BCUT2D eigenvalue weighted by Crippen LogP contribution is 2.31. The minimum atomic E-state index is 0.767. The Kier molecular flexibility index (Phi) is 4.65. The molecule has 0 unspecified atom stereocenters. The van der Waals surface area contributed by atoms with Crippen LogP contribution in [0.2, 0.25) is 0 Å². The maximum Gasteiger partial charge on any atom is 0.132 e. The third-order valence-corrected chi connectivity index (χ3v) is 3.79. The van der Waals surface area contributed by atoms with Crippen LogP contribution in [0, 0.1) is 0 Å². The molecule has 2 aromatic carbocycles. The number of benzene rings is 2. The third kappa shape index (κ3) is 3.57. The summed E-state index contributed by atoms with van der Waals surface area (Å²) in [4.78, 5) is 0. The number of alkyl halides is 1. The van der Waals surface area contributed by atoms with Crippen molar-refractivity contribution >= 4 is 47.8 Å². The van der Waals surface area contributed by atoms with E-state index in [9.17, 15) is 0 Å². The highest BCUT2D eigenvalue weighted by atomic mass is 79.9. The Morgan fingerprint density at radius 1 is 0.941 bits per heavy atom. The molecule has 0 aliphatic carbocycles. The first-order valence-corrected chi connectivity index (χ1v) is 7.67. The summed E-state index contributed by atoms with van der Waals surface area (Å²) in [6, 6.07) is 13.8. The fraction of sp³-hybridized carbons (Fsp3) is 0.0769. The minimum absolute atomic E-state index is 0.767. The van der Waals surface area contributed by atoms with Crippen molar-refractivity contribution in [2.24, 2.45) is 0 Å². The average Bonchev–Trinajstić information content (AvgIpc) is 2.29. The predicted octanol–water partition coefficient (Wildman–Crippen LogP) is 5.90. The lowest BCUT2D eigenvalue weighted by molar-refractivity contribution is 0.478. The van der Waals surface area contributed by atoms with Crippen molar-refractivity contribution in [3.05, 3.63) is 57.0 Å². The van der Waals surface area contributed by atoms with Crippen LogP contribution in [-0.2, 0) is 5.33 Å². The van der Waals surface area contributed by atoms with Gasteiger partial charge in [-0.15, -0.1) is 0 Å². The van der Waals surface area contributed by atoms with E-state index in [-0.39, 0.29) is 0 Å². The number of halogens is 3. The van der Waals surface area contributed by atoms with Gasteiger partial charge in [-0.05, 0) is 30.3 Å². The summed E-state index contributed by atoms with van der Waals surface area (Å²) in [5, 5.41) is 0.767. The van der Waals surface area contributed by atoms with Crippen LogP contribution in [0.15, 0.2) is 51.4 Å². The molecule has 4 heteroatoms. The van der Waals surface area contributed by atoms with Crippen LogP contribution in [0.3, 0.4) is 0 Å². The van der Waals surface area contributed by atoms with Gasteiger partial charge in [0.15, 0.2) is 0 Å². The van der Waals surface area contributed by atoms with Crippen LogP contribution in [-0.4, -0.2) is 0 Å². The predicted molar refractivity (Wildman–Crippen MR) is 81.0 cm³/mol. The molecule has 0 heterocycles. The first-order valence-electron chi connectivity index (χ1n) is 4.97. The van der Waals surface area contributed by atoms with E-state index in [0.717, 1.165) is 31.3 Å². The summed E-state index contributed by atoms with van der Waals surface area (Å²) in [5.74, 6) is 1.68. The van der Waals surface area contributed by atoms with Crippen molar-refractivity contribution in [2.75, 3.05) is 0 Å². The van der Waals surface area contributed by atoms with E-state index < -0.39 is 0 Å². The van der Waals surface area contributed by atoms with Crippen molar-refractivity contribution < 1.29 is 4.74 Å². The van der Waals surface area contributed by atoms with Gasteiger partial charge in [0.2, 0.25) is 0 Å². The molecule has 0 atom stereocenters. The van der Waals surface area contributed by atoms with Crippen molar-refractivity contribution in [3.8, 4) is 11.5 Å². The van der Waals surface area contributed by atoms with Gasteiger partial charge >= 0.3 is 0 Å². The molecule has 88 valence electrons. The lowest BCUT2D eigenvalue weighted by atomic mass is 10.2. The highest BCUT2D eigenvalue weighted by Gasteiger charge is 2.05. The Morgan fingerprint density at radius 2 is 1.71 bits per heavy atom. The van der Waals surface area contributed by atoms with E-state index in [0.29, 0.717) is 0 Å². The number of hydrogen-bond acceptors (Lipinski definition) is 1. The molecule has 0 spiro atoms. The van der Waals surface area contributed by atoms with Crippen LogP contribution in [0.1, 0.15) is 5.56 Å².